The van der Waals surface area contributed by atoms with Gasteiger partial charge in [-0.05, 0) is 30.9 Å². The molecule has 0 spiro atoms. The van der Waals surface area contributed by atoms with Gasteiger partial charge in [0.1, 0.15) is 5.82 Å². The molecule has 2 unspecified atom stereocenters. The van der Waals surface area contributed by atoms with Gasteiger partial charge in [0.2, 0.25) is 5.95 Å². The van der Waals surface area contributed by atoms with Crippen molar-refractivity contribution in [2.24, 2.45) is 11.3 Å². The summed E-state index contributed by atoms with van der Waals surface area (Å²) in [4.78, 5) is 18.0. The first-order valence-electron chi connectivity index (χ1n) is 6.62. The van der Waals surface area contributed by atoms with Crippen LogP contribution in [0.15, 0.2) is 18.2 Å². The van der Waals surface area contributed by atoms with Crippen molar-refractivity contribution in [1.29, 1.82) is 0 Å². The smallest absolute Gasteiger partial charge is 0.313 e. The second-order valence-electron chi connectivity index (χ2n) is 5.44. The minimum Gasteiger partial charge on any atom is -0.469 e. The van der Waals surface area contributed by atoms with Gasteiger partial charge >= 0.3 is 5.97 Å². The molecule has 4 nitrogen and oxygen atoms in total. The number of carbonyl (C=O) groups excluding carboxylic acids is 1. The lowest BCUT2D eigenvalue weighted by Gasteiger charge is -2.25. The molecule has 1 saturated carbocycles. The van der Waals surface area contributed by atoms with E-state index in [1.54, 1.807) is 12.1 Å². The largest absolute Gasteiger partial charge is 0.469 e. The molecule has 19 heavy (non-hydrogen) atoms. The number of hydrogen-bond acceptors (Lipinski definition) is 4. The number of esters is 1. The third kappa shape index (κ3) is 1.88. The molecule has 0 aromatic carbocycles. The van der Waals surface area contributed by atoms with E-state index in [0.29, 0.717) is 18.3 Å². The molecular weight excluding hydrogens is 247 g/mol. The fourth-order valence-corrected chi connectivity index (χ4v) is 3.57. The van der Waals surface area contributed by atoms with Gasteiger partial charge in [-0.15, -0.1) is 0 Å². The van der Waals surface area contributed by atoms with Crippen molar-refractivity contribution >= 4 is 11.8 Å². The van der Waals surface area contributed by atoms with E-state index in [1.807, 2.05) is 4.90 Å². The highest BCUT2D eigenvalue weighted by molar-refractivity contribution is 5.79. The Morgan fingerprint density at radius 3 is 3.16 bits per heavy atom. The Labute approximate surface area is 111 Å². The first kappa shape index (κ1) is 12.4. The fraction of sp³-hybridized carbons (Fsp3) is 0.571. The molecule has 0 bridgehead atoms. The molecule has 2 heterocycles. The highest BCUT2D eigenvalue weighted by Gasteiger charge is 2.55. The lowest BCUT2D eigenvalue weighted by Crippen LogP contribution is -2.37. The van der Waals surface area contributed by atoms with Crippen LogP contribution in [-0.4, -0.2) is 31.2 Å². The average molecular weight is 264 g/mol. The summed E-state index contributed by atoms with van der Waals surface area (Å²) >= 11 is 0. The van der Waals surface area contributed by atoms with Crippen LogP contribution >= 0.6 is 0 Å². The van der Waals surface area contributed by atoms with Gasteiger partial charge in [-0.25, -0.2) is 4.98 Å². The van der Waals surface area contributed by atoms with E-state index in [4.69, 9.17) is 4.74 Å². The maximum Gasteiger partial charge on any atom is 0.313 e. The minimum absolute atomic E-state index is 0.131. The van der Waals surface area contributed by atoms with Crippen molar-refractivity contribution < 1.29 is 13.9 Å². The third-order valence-corrected chi connectivity index (χ3v) is 4.49. The number of carbonyl (C=O) groups is 1. The maximum atomic E-state index is 13.2. The molecule has 1 aliphatic heterocycles. The molecule has 2 aliphatic rings. The SMILES string of the molecule is COC(=O)C12CCCC1CN(c1cccc(F)n1)C2. The van der Waals surface area contributed by atoms with Crippen molar-refractivity contribution in [2.45, 2.75) is 19.3 Å². The number of methoxy groups -OCH3 is 1. The van der Waals surface area contributed by atoms with Crippen molar-refractivity contribution in [3.8, 4) is 0 Å². The quantitative estimate of drug-likeness (QED) is 0.605. The minimum atomic E-state index is -0.485. The van der Waals surface area contributed by atoms with E-state index in [1.165, 1.54) is 13.2 Å². The number of fused-ring (bicyclic) bond motifs is 1. The Hall–Kier alpha value is -1.65. The molecule has 1 aromatic rings. The van der Waals surface area contributed by atoms with Crippen molar-refractivity contribution in [3.63, 3.8) is 0 Å². The predicted octanol–water partition coefficient (Wildman–Crippen LogP) is 2.00. The second-order valence-corrected chi connectivity index (χ2v) is 5.44. The molecule has 0 amide bonds. The number of rotatable bonds is 2. The van der Waals surface area contributed by atoms with Crippen LogP contribution in [0.4, 0.5) is 10.2 Å². The Bertz CT molecular complexity index is 508. The summed E-state index contributed by atoms with van der Waals surface area (Å²) in [5.74, 6) is 0.290. The molecule has 0 N–H and O–H groups in total. The molecule has 2 atom stereocenters. The summed E-state index contributed by atoms with van der Waals surface area (Å²) in [6.45, 7) is 1.34. The predicted molar refractivity (Wildman–Crippen MR) is 68.2 cm³/mol. The van der Waals surface area contributed by atoms with E-state index in [9.17, 15) is 9.18 Å². The third-order valence-electron chi connectivity index (χ3n) is 4.49. The first-order chi connectivity index (χ1) is 9.15. The first-order valence-corrected chi connectivity index (χ1v) is 6.62. The topological polar surface area (TPSA) is 42.4 Å². The van der Waals surface area contributed by atoms with E-state index < -0.39 is 11.4 Å². The summed E-state index contributed by atoms with van der Waals surface area (Å²) in [6.07, 6.45) is 2.95. The molecule has 2 fully saturated rings. The summed E-state index contributed by atoms with van der Waals surface area (Å²) in [7, 11) is 1.44. The standard InChI is InChI=1S/C14H17FN2O2/c1-19-13(18)14-7-3-4-10(14)8-17(9-14)12-6-2-5-11(15)16-12/h2,5-6,10H,3-4,7-9H2,1H3. The van der Waals surface area contributed by atoms with Crippen LogP contribution in [0.2, 0.25) is 0 Å². The Balaban J connectivity index is 1.88. The van der Waals surface area contributed by atoms with Crippen molar-refractivity contribution in [2.75, 3.05) is 25.1 Å². The summed E-state index contributed by atoms with van der Waals surface area (Å²) < 4.78 is 18.2. The number of anilines is 1. The zero-order chi connectivity index (χ0) is 13.5. The van der Waals surface area contributed by atoms with Crippen LogP contribution in [0.1, 0.15) is 19.3 Å². The zero-order valence-corrected chi connectivity index (χ0v) is 10.9. The van der Waals surface area contributed by atoms with Gasteiger partial charge in [0.15, 0.2) is 0 Å². The maximum absolute atomic E-state index is 13.2. The van der Waals surface area contributed by atoms with Crippen molar-refractivity contribution in [1.82, 2.24) is 4.98 Å². The van der Waals surface area contributed by atoms with Gasteiger partial charge in [-0.2, -0.15) is 4.39 Å². The number of ether oxygens (including phenoxy) is 1. The molecular formula is C14H17FN2O2. The van der Waals surface area contributed by atoms with Gasteiger partial charge in [-0.1, -0.05) is 12.5 Å². The molecule has 1 aliphatic carbocycles. The lowest BCUT2D eigenvalue weighted by molar-refractivity contribution is -0.152. The highest BCUT2D eigenvalue weighted by atomic mass is 19.1. The Morgan fingerprint density at radius 1 is 1.58 bits per heavy atom. The van der Waals surface area contributed by atoms with Crippen LogP contribution in [0.25, 0.3) is 0 Å². The number of pyridine rings is 1. The number of hydrogen-bond donors (Lipinski definition) is 0. The normalized spacial score (nSPS) is 29.4. The number of halogens is 1. The number of nitrogens with zero attached hydrogens (tertiary/aromatic N) is 2. The molecule has 102 valence electrons. The summed E-state index contributed by atoms with van der Waals surface area (Å²) in [5.41, 5.74) is -0.414. The van der Waals surface area contributed by atoms with E-state index in [2.05, 4.69) is 4.98 Å². The van der Waals surface area contributed by atoms with Gasteiger partial charge in [0.05, 0.1) is 12.5 Å². The highest BCUT2D eigenvalue weighted by Crippen LogP contribution is 2.50. The monoisotopic (exact) mass is 264 g/mol. The van der Waals surface area contributed by atoms with Crippen LogP contribution in [0, 0.1) is 17.3 Å². The molecule has 1 aromatic heterocycles. The molecule has 5 heteroatoms. The summed E-state index contributed by atoms with van der Waals surface area (Å²) in [5, 5.41) is 0. The second kappa shape index (κ2) is 4.47. The van der Waals surface area contributed by atoms with Gasteiger partial charge in [0, 0.05) is 13.1 Å². The van der Waals surface area contributed by atoms with Crippen LogP contribution in [0.3, 0.4) is 0 Å². The van der Waals surface area contributed by atoms with Gasteiger partial charge < -0.3 is 9.64 Å². The van der Waals surface area contributed by atoms with Crippen molar-refractivity contribution in [3.05, 3.63) is 24.1 Å². The van der Waals surface area contributed by atoms with Gasteiger partial charge in [-0.3, -0.25) is 4.79 Å². The van der Waals surface area contributed by atoms with Crippen LogP contribution in [-0.2, 0) is 9.53 Å². The lowest BCUT2D eigenvalue weighted by atomic mass is 9.81. The summed E-state index contributed by atoms with van der Waals surface area (Å²) in [6, 6.07) is 4.77. The van der Waals surface area contributed by atoms with Crippen LogP contribution in [0.5, 0.6) is 0 Å². The number of aromatic nitrogens is 1. The zero-order valence-electron chi connectivity index (χ0n) is 10.9. The molecule has 1 saturated heterocycles. The van der Waals surface area contributed by atoms with E-state index in [0.717, 1.165) is 25.8 Å². The average Bonchev–Trinajstić information content (AvgIpc) is 2.95. The van der Waals surface area contributed by atoms with E-state index >= 15 is 0 Å². The Morgan fingerprint density at radius 2 is 2.42 bits per heavy atom. The van der Waals surface area contributed by atoms with Gasteiger partial charge in [0.25, 0.3) is 0 Å². The fourth-order valence-electron chi connectivity index (χ4n) is 3.57. The van der Waals surface area contributed by atoms with Crippen LogP contribution < -0.4 is 4.90 Å². The Kier molecular flexibility index (Phi) is 2.92. The molecule has 0 radical (unpaired) electrons. The molecule has 3 rings (SSSR count). The van der Waals surface area contributed by atoms with E-state index in [-0.39, 0.29) is 5.97 Å².